The van der Waals surface area contributed by atoms with Crippen LogP contribution in [0.1, 0.15) is 35.6 Å². The third kappa shape index (κ3) is 2.39. The van der Waals surface area contributed by atoms with E-state index in [4.69, 9.17) is 13.9 Å². The minimum Gasteiger partial charge on any atom is -0.466 e. The van der Waals surface area contributed by atoms with Gasteiger partial charge in [-0.2, -0.15) is 0 Å². The summed E-state index contributed by atoms with van der Waals surface area (Å²) in [7, 11) is 0. The van der Waals surface area contributed by atoms with Crippen LogP contribution in [0.4, 0.5) is 0 Å². The summed E-state index contributed by atoms with van der Waals surface area (Å²) in [6, 6.07) is 8.29. The van der Waals surface area contributed by atoms with Crippen molar-refractivity contribution in [3.63, 3.8) is 0 Å². The summed E-state index contributed by atoms with van der Waals surface area (Å²) in [4.78, 5) is 0. The van der Waals surface area contributed by atoms with Crippen LogP contribution < -0.4 is 14.8 Å². The number of rotatable bonds is 4. The van der Waals surface area contributed by atoms with Gasteiger partial charge in [-0.1, -0.05) is 12.1 Å². The molecule has 1 N–H and O–H groups in total. The Hall–Kier alpha value is -1.94. The molecule has 1 unspecified atom stereocenters. The topological polar surface area (TPSA) is 43.6 Å². The van der Waals surface area contributed by atoms with Gasteiger partial charge in [0.2, 0.25) is 6.79 Å². The van der Waals surface area contributed by atoms with Crippen molar-refractivity contribution in [1.82, 2.24) is 5.32 Å². The number of aryl methyl sites for hydroxylation is 2. The summed E-state index contributed by atoms with van der Waals surface area (Å²) < 4.78 is 16.5. The molecule has 1 aromatic heterocycles. The van der Waals surface area contributed by atoms with E-state index in [2.05, 4.69) is 24.4 Å². The van der Waals surface area contributed by atoms with E-state index in [-0.39, 0.29) is 6.04 Å². The second-order valence-electron chi connectivity index (χ2n) is 5.12. The maximum absolute atomic E-state index is 5.58. The molecule has 0 fully saturated rings. The van der Waals surface area contributed by atoms with Crippen LogP contribution in [0.5, 0.6) is 11.5 Å². The van der Waals surface area contributed by atoms with E-state index in [0.29, 0.717) is 6.79 Å². The van der Waals surface area contributed by atoms with Crippen molar-refractivity contribution in [2.24, 2.45) is 0 Å². The number of benzene rings is 1. The summed E-state index contributed by atoms with van der Waals surface area (Å²) in [6.07, 6.45) is 0. The first-order valence-corrected chi connectivity index (χ1v) is 6.83. The Morgan fingerprint density at radius 1 is 1.25 bits per heavy atom. The van der Waals surface area contributed by atoms with E-state index >= 15 is 0 Å². The average Bonchev–Trinajstić information content (AvgIpc) is 3.02. The normalized spacial score (nSPS) is 14.6. The Labute approximate surface area is 118 Å². The van der Waals surface area contributed by atoms with E-state index in [0.717, 1.165) is 35.1 Å². The van der Waals surface area contributed by atoms with Gasteiger partial charge in [0.1, 0.15) is 11.5 Å². The second-order valence-corrected chi connectivity index (χ2v) is 5.12. The van der Waals surface area contributed by atoms with E-state index in [9.17, 15) is 0 Å². The lowest BCUT2D eigenvalue weighted by Crippen LogP contribution is -2.18. The van der Waals surface area contributed by atoms with Crippen LogP contribution in [0.3, 0.4) is 0 Å². The maximum Gasteiger partial charge on any atom is 0.231 e. The maximum atomic E-state index is 5.58. The number of fused-ring (bicyclic) bond motifs is 1. The number of nitrogens with one attached hydrogen (secondary N) is 1. The first-order valence-electron chi connectivity index (χ1n) is 6.83. The fourth-order valence-electron chi connectivity index (χ4n) is 2.58. The van der Waals surface area contributed by atoms with E-state index < -0.39 is 0 Å². The fraction of sp³-hybridized carbons (Fsp3) is 0.375. The van der Waals surface area contributed by atoms with Crippen LogP contribution in [0.25, 0.3) is 0 Å². The van der Waals surface area contributed by atoms with Gasteiger partial charge in [-0.25, -0.2) is 0 Å². The Bertz CT molecular complexity index is 618. The molecule has 0 saturated carbocycles. The van der Waals surface area contributed by atoms with E-state index in [1.807, 2.05) is 26.0 Å². The monoisotopic (exact) mass is 273 g/mol. The molecule has 4 heteroatoms. The zero-order valence-electron chi connectivity index (χ0n) is 12.0. The lowest BCUT2D eigenvalue weighted by molar-refractivity contribution is 0.173. The molecule has 4 nitrogen and oxygen atoms in total. The molecule has 2 heterocycles. The molecule has 1 aromatic carbocycles. The Morgan fingerprint density at radius 3 is 2.85 bits per heavy atom. The minimum absolute atomic E-state index is 0.227. The highest BCUT2D eigenvalue weighted by molar-refractivity contribution is 5.48. The van der Waals surface area contributed by atoms with Crippen molar-refractivity contribution in [2.45, 2.75) is 33.4 Å². The van der Waals surface area contributed by atoms with E-state index in [1.165, 1.54) is 5.56 Å². The third-order valence-electron chi connectivity index (χ3n) is 3.62. The Balaban J connectivity index is 1.71. The molecular formula is C16H19NO3. The zero-order valence-corrected chi connectivity index (χ0v) is 12.0. The number of hydrogen-bond acceptors (Lipinski definition) is 4. The molecule has 20 heavy (non-hydrogen) atoms. The van der Waals surface area contributed by atoms with Crippen LogP contribution in [-0.4, -0.2) is 6.79 Å². The van der Waals surface area contributed by atoms with Crippen LogP contribution in [-0.2, 0) is 6.54 Å². The number of ether oxygens (including phenoxy) is 2. The molecule has 1 aliphatic heterocycles. The molecular weight excluding hydrogens is 254 g/mol. The summed E-state index contributed by atoms with van der Waals surface area (Å²) in [6.45, 7) is 7.15. The second kappa shape index (κ2) is 5.21. The smallest absolute Gasteiger partial charge is 0.231 e. The zero-order chi connectivity index (χ0) is 14.1. The highest BCUT2D eigenvalue weighted by atomic mass is 16.7. The lowest BCUT2D eigenvalue weighted by atomic mass is 10.1. The van der Waals surface area contributed by atoms with Gasteiger partial charge in [-0.15, -0.1) is 0 Å². The number of para-hydroxylation sites is 1. The summed E-state index contributed by atoms with van der Waals surface area (Å²) in [5, 5.41) is 3.50. The predicted molar refractivity (Wildman–Crippen MR) is 76.0 cm³/mol. The van der Waals surface area contributed by atoms with Crippen molar-refractivity contribution >= 4 is 0 Å². The largest absolute Gasteiger partial charge is 0.466 e. The van der Waals surface area contributed by atoms with Gasteiger partial charge in [0, 0.05) is 23.7 Å². The van der Waals surface area contributed by atoms with Crippen LogP contribution >= 0.6 is 0 Å². The third-order valence-corrected chi connectivity index (χ3v) is 3.62. The molecule has 0 amide bonds. The molecule has 0 radical (unpaired) electrons. The molecule has 0 bridgehead atoms. The van der Waals surface area contributed by atoms with Crippen molar-refractivity contribution < 1.29 is 13.9 Å². The van der Waals surface area contributed by atoms with Crippen LogP contribution in [0.15, 0.2) is 28.7 Å². The summed E-state index contributed by atoms with van der Waals surface area (Å²) in [5.74, 6) is 3.60. The molecule has 2 aromatic rings. The Morgan fingerprint density at radius 2 is 2.10 bits per heavy atom. The van der Waals surface area contributed by atoms with Crippen molar-refractivity contribution in [3.8, 4) is 11.5 Å². The highest BCUT2D eigenvalue weighted by Gasteiger charge is 2.18. The standard InChI is InChI=1S/C16H19NO3/c1-10-7-14(12(3)20-10)11(2)17-8-13-5-4-6-15-16(13)19-9-18-15/h4-7,11,17H,8-9H2,1-3H3. The van der Waals surface area contributed by atoms with E-state index in [1.54, 1.807) is 0 Å². The SMILES string of the molecule is Cc1cc(C(C)NCc2cccc3c2OCO3)c(C)o1. The van der Waals surface area contributed by atoms with Gasteiger partial charge >= 0.3 is 0 Å². The fourth-order valence-corrected chi connectivity index (χ4v) is 2.58. The average molecular weight is 273 g/mol. The van der Waals surface area contributed by atoms with Gasteiger partial charge < -0.3 is 19.2 Å². The molecule has 0 saturated heterocycles. The molecule has 0 spiro atoms. The first kappa shape index (κ1) is 13.1. The highest BCUT2D eigenvalue weighted by Crippen LogP contribution is 2.35. The number of furan rings is 1. The van der Waals surface area contributed by atoms with Crippen molar-refractivity contribution in [1.29, 1.82) is 0 Å². The lowest BCUT2D eigenvalue weighted by Gasteiger charge is -2.14. The van der Waals surface area contributed by atoms with Crippen LogP contribution in [0, 0.1) is 13.8 Å². The Kier molecular flexibility index (Phi) is 3.40. The molecule has 0 aliphatic carbocycles. The predicted octanol–water partition coefficient (Wildman–Crippen LogP) is 3.48. The van der Waals surface area contributed by atoms with Gasteiger partial charge in [0.15, 0.2) is 11.5 Å². The van der Waals surface area contributed by atoms with Crippen molar-refractivity contribution in [2.75, 3.05) is 6.79 Å². The molecule has 1 atom stereocenters. The van der Waals surface area contributed by atoms with Gasteiger partial charge in [0.05, 0.1) is 0 Å². The van der Waals surface area contributed by atoms with Crippen molar-refractivity contribution in [3.05, 3.63) is 46.9 Å². The summed E-state index contributed by atoms with van der Waals surface area (Å²) >= 11 is 0. The van der Waals surface area contributed by atoms with Gasteiger partial charge in [-0.3, -0.25) is 0 Å². The minimum atomic E-state index is 0.227. The molecule has 106 valence electrons. The van der Waals surface area contributed by atoms with Crippen LogP contribution in [0.2, 0.25) is 0 Å². The molecule has 1 aliphatic rings. The molecule has 3 rings (SSSR count). The first-order chi connectivity index (χ1) is 9.65. The quantitative estimate of drug-likeness (QED) is 0.926. The van der Waals surface area contributed by atoms with Gasteiger partial charge in [0.25, 0.3) is 0 Å². The summed E-state index contributed by atoms with van der Waals surface area (Å²) in [5.41, 5.74) is 2.32. The number of hydrogen-bond donors (Lipinski definition) is 1. The van der Waals surface area contributed by atoms with Gasteiger partial charge in [-0.05, 0) is 32.9 Å².